The predicted molar refractivity (Wildman–Crippen MR) is 85.3 cm³/mol. The molecule has 0 bridgehead atoms. The van der Waals surface area contributed by atoms with Gasteiger partial charge in [-0.25, -0.2) is 9.67 Å². The van der Waals surface area contributed by atoms with E-state index in [-0.39, 0.29) is 5.95 Å². The Morgan fingerprint density at radius 2 is 2.05 bits per heavy atom. The number of nitrogen functional groups attached to an aromatic ring is 1. The Hall–Kier alpha value is -1.73. The average Bonchev–Trinajstić information content (AvgIpc) is 2.83. The van der Waals surface area contributed by atoms with Crippen molar-refractivity contribution < 1.29 is 0 Å². The second kappa shape index (κ2) is 5.23. The maximum atomic E-state index is 6.27. The summed E-state index contributed by atoms with van der Waals surface area (Å²) in [6, 6.07) is 0. The molecule has 0 aliphatic carbocycles. The summed E-state index contributed by atoms with van der Waals surface area (Å²) in [5.74, 6) is 0.197. The van der Waals surface area contributed by atoms with E-state index < -0.39 is 0 Å². The predicted octanol–water partition coefficient (Wildman–Crippen LogP) is 2.88. The Morgan fingerprint density at radius 1 is 1.29 bits per heavy atom. The molecule has 21 heavy (non-hydrogen) atoms. The molecule has 3 aromatic heterocycles. The minimum atomic E-state index is 0.197. The number of aryl methyl sites for hydroxylation is 1. The lowest BCUT2D eigenvalue weighted by Gasteiger charge is -2.09. The maximum Gasteiger partial charge on any atom is 0.223 e. The molecule has 0 atom stereocenters. The van der Waals surface area contributed by atoms with Gasteiger partial charge in [-0.2, -0.15) is 10.1 Å². The minimum Gasteiger partial charge on any atom is -0.368 e. The van der Waals surface area contributed by atoms with Crippen LogP contribution in [0.25, 0.3) is 11.0 Å². The highest BCUT2D eigenvalue weighted by Gasteiger charge is 2.13. The van der Waals surface area contributed by atoms with Crippen LogP contribution in [0.5, 0.6) is 0 Å². The molecule has 3 heterocycles. The largest absolute Gasteiger partial charge is 0.368 e. The SMILES string of the molecule is Cc1cnc(Cn2ncc3c(Br)nc(N)nc32)c(C)c1Cl. The Balaban J connectivity index is 2.09. The lowest BCUT2D eigenvalue weighted by Crippen LogP contribution is -2.08. The van der Waals surface area contributed by atoms with E-state index >= 15 is 0 Å². The van der Waals surface area contributed by atoms with Gasteiger partial charge in [0.2, 0.25) is 5.95 Å². The number of aromatic nitrogens is 5. The first kappa shape index (κ1) is 14.2. The number of hydrogen-bond donors (Lipinski definition) is 1. The van der Waals surface area contributed by atoms with Crippen LogP contribution in [0, 0.1) is 13.8 Å². The van der Waals surface area contributed by atoms with Gasteiger partial charge in [0.05, 0.1) is 23.8 Å². The van der Waals surface area contributed by atoms with Gasteiger partial charge in [-0.15, -0.1) is 0 Å². The number of hydrogen-bond acceptors (Lipinski definition) is 5. The molecule has 0 aromatic carbocycles. The summed E-state index contributed by atoms with van der Waals surface area (Å²) in [5.41, 5.74) is 9.10. The van der Waals surface area contributed by atoms with Crippen molar-refractivity contribution in [3.05, 3.63) is 38.8 Å². The number of rotatable bonds is 2. The number of nitrogens with zero attached hydrogens (tertiary/aromatic N) is 5. The number of fused-ring (bicyclic) bond motifs is 1. The Morgan fingerprint density at radius 3 is 2.81 bits per heavy atom. The molecule has 0 saturated heterocycles. The molecule has 0 aliphatic heterocycles. The van der Waals surface area contributed by atoms with Crippen molar-refractivity contribution in [1.82, 2.24) is 24.7 Å². The quantitative estimate of drug-likeness (QED) is 0.704. The fourth-order valence-corrected chi connectivity index (χ4v) is 2.72. The topological polar surface area (TPSA) is 82.5 Å². The zero-order chi connectivity index (χ0) is 15.1. The molecule has 0 saturated carbocycles. The third kappa shape index (κ3) is 2.47. The van der Waals surface area contributed by atoms with E-state index in [1.807, 2.05) is 13.8 Å². The smallest absolute Gasteiger partial charge is 0.223 e. The summed E-state index contributed by atoms with van der Waals surface area (Å²) in [6.45, 7) is 4.35. The molecule has 0 spiro atoms. The zero-order valence-corrected chi connectivity index (χ0v) is 13.8. The second-order valence-corrected chi connectivity index (χ2v) is 5.87. The summed E-state index contributed by atoms with van der Waals surface area (Å²) in [7, 11) is 0. The molecular formula is C13H12BrClN6. The van der Waals surface area contributed by atoms with Gasteiger partial charge < -0.3 is 5.73 Å². The van der Waals surface area contributed by atoms with Crippen LogP contribution in [-0.4, -0.2) is 24.7 Å². The van der Waals surface area contributed by atoms with Gasteiger partial charge in [0.15, 0.2) is 5.65 Å². The van der Waals surface area contributed by atoms with E-state index in [1.165, 1.54) is 0 Å². The first-order valence-corrected chi connectivity index (χ1v) is 7.39. The molecule has 0 aliphatic rings. The van der Waals surface area contributed by atoms with E-state index in [0.29, 0.717) is 16.8 Å². The van der Waals surface area contributed by atoms with Gasteiger partial charge in [-0.3, -0.25) is 4.98 Å². The number of halogens is 2. The highest BCUT2D eigenvalue weighted by atomic mass is 79.9. The molecule has 3 aromatic rings. The fraction of sp³-hybridized carbons (Fsp3) is 0.231. The Bertz CT molecular complexity index is 844. The molecule has 2 N–H and O–H groups in total. The summed E-state index contributed by atoms with van der Waals surface area (Å²) in [4.78, 5) is 12.7. The maximum absolute atomic E-state index is 6.27. The van der Waals surface area contributed by atoms with Crippen molar-refractivity contribution in [2.24, 2.45) is 0 Å². The van der Waals surface area contributed by atoms with Crippen molar-refractivity contribution in [2.75, 3.05) is 5.73 Å². The van der Waals surface area contributed by atoms with Crippen LogP contribution in [0.1, 0.15) is 16.8 Å². The van der Waals surface area contributed by atoms with Crippen molar-refractivity contribution in [1.29, 1.82) is 0 Å². The molecule has 0 radical (unpaired) electrons. The van der Waals surface area contributed by atoms with E-state index in [0.717, 1.165) is 27.2 Å². The monoisotopic (exact) mass is 366 g/mol. The van der Waals surface area contributed by atoms with Crippen LogP contribution >= 0.6 is 27.5 Å². The van der Waals surface area contributed by atoms with Gasteiger partial charge >= 0.3 is 0 Å². The van der Waals surface area contributed by atoms with Crippen LogP contribution in [0.3, 0.4) is 0 Å². The third-order valence-corrected chi connectivity index (χ3v) is 4.47. The summed E-state index contributed by atoms with van der Waals surface area (Å²) in [6.07, 6.45) is 3.46. The molecule has 0 unspecified atom stereocenters. The van der Waals surface area contributed by atoms with Crippen LogP contribution < -0.4 is 5.73 Å². The van der Waals surface area contributed by atoms with Crippen LogP contribution in [0.4, 0.5) is 5.95 Å². The molecule has 108 valence electrons. The molecule has 0 fully saturated rings. The normalized spacial score (nSPS) is 11.2. The van der Waals surface area contributed by atoms with Crippen molar-refractivity contribution in [3.63, 3.8) is 0 Å². The Labute approximate surface area is 134 Å². The third-order valence-electron chi connectivity index (χ3n) is 3.29. The number of pyridine rings is 1. The van der Waals surface area contributed by atoms with Gasteiger partial charge in [0.25, 0.3) is 0 Å². The van der Waals surface area contributed by atoms with Crippen molar-refractivity contribution >= 4 is 44.5 Å². The first-order valence-electron chi connectivity index (χ1n) is 6.22. The molecular weight excluding hydrogens is 356 g/mol. The van der Waals surface area contributed by atoms with Crippen LogP contribution in [0.2, 0.25) is 5.02 Å². The van der Waals surface area contributed by atoms with Crippen molar-refractivity contribution in [3.8, 4) is 0 Å². The minimum absolute atomic E-state index is 0.197. The second-order valence-electron chi connectivity index (χ2n) is 4.74. The zero-order valence-electron chi connectivity index (χ0n) is 11.4. The molecule has 0 amide bonds. The number of anilines is 1. The number of nitrogens with two attached hydrogens (primary N) is 1. The van der Waals surface area contributed by atoms with E-state index in [9.17, 15) is 0 Å². The van der Waals surface area contributed by atoms with Crippen molar-refractivity contribution in [2.45, 2.75) is 20.4 Å². The Kier molecular flexibility index (Phi) is 3.54. The lowest BCUT2D eigenvalue weighted by molar-refractivity contribution is 0.685. The van der Waals surface area contributed by atoms with E-state index in [2.05, 4.69) is 36.0 Å². The van der Waals surface area contributed by atoms with Gasteiger partial charge in [0.1, 0.15) is 4.60 Å². The lowest BCUT2D eigenvalue weighted by atomic mass is 10.1. The van der Waals surface area contributed by atoms with Crippen LogP contribution in [0.15, 0.2) is 17.0 Å². The molecule has 8 heteroatoms. The molecule has 3 rings (SSSR count). The van der Waals surface area contributed by atoms with Crippen LogP contribution in [-0.2, 0) is 6.54 Å². The van der Waals surface area contributed by atoms with Gasteiger partial charge in [-0.1, -0.05) is 11.6 Å². The van der Waals surface area contributed by atoms with Gasteiger partial charge in [-0.05, 0) is 40.9 Å². The summed E-state index contributed by atoms with van der Waals surface area (Å²) < 4.78 is 2.36. The summed E-state index contributed by atoms with van der Waals surface area (Å²) in [5, 5.41) is 5.87. The van der Waals surface area contributed by atoms with E-state index in [4.69, 9.17) is 17.3 Å². The summed E-state index contributed by atoms with van der Waals surface area (Å²) >= 11 is 9.63. The first-order chi connectivity index (χ1) is 9.97. The fourth-order valence-electron chi connectivity index (χ4n) is 2.10. The molecule has 6 nitrogen and oxygen atoms in total. The highest BCUT2D eigenvalue weighted by molar-refractivity contribution is 9.10. The van der Waals surface area contributed by atoms with Gasteiger partial charge in [0, 0.05) is 11.2 Å². The van der Waals surface area contributed by atoms with E-state index in [1.54, 1.807) is 17.1 Å². The highest BCUT2D eigenvalue weighted by Crippen LogP contribution is 2.24. The average molecular weight is 368 g/mol. The standard InChI is InChI=1S/C13H12BrClN6/c1-6-3-17-9(7(2)10(6)15)5-21-12-8(4-18-21)11(14)19-13(16)20-12/h3-4H,5H2,1-2H3,(H2,16,19,20).